The van der Waals surface area contributed by atoms with Crippen molar-refractivity contribution in [2.24, 2.45) is 0 Å². The summed E-state index contributed by atoms with van der Waals surface area (Å²) in [5, 5.41) is 3.32. The molecule has 0 amide bonds. The molecule has 0 aromatic heterocycles. The second-order valence-electron chi connectivity index (χ2n) is 2.37. The maximum atomic E-state index is 3.32. The van der Waals surface area contributed by atoms with Crippen LogP contribution in [0.5, 0.6) is 0 Å². The molecule has 0 aromatic carbocycles. The number of nitrogens with one attached hydrogen (secondary N) is 1. The predicted molar refractivity (Wildman–Crippen MR) is 53.9 cm³/mol. The van der Waals surface area contributed by atoms with Crippen LogP contribution in [0.4, 0.5) is 0 Å². The molecular weight excluding hydrogens is 154 g/mol. The van der Waals surface area contributed by atoms with Crippen LogP contribution < -0.4 is 5.32 Å². The number of hydrogen-bond acceptors (Lipinski definition) is 2. The molecule has 0 bridgehead atoms. The molecule has 0 radical (unpaired) electrons. The van der Waals surface area contributed by atoms with E-state index in [-0.39, 0.29) is 0 Å². The summed E-state index contributed by atoms with van der Waals surface area (Å²) in [5.41, 5.74) is 0. The summed E-state index contributed by atoms with van der Waals surface area (Å²) in [6, 6.07) is 0.584. The Hall–Kier alpha value is -0.130. The molecule has 0 rings (SSSR count). The molecular formula is C9H17NS. The van der Waals surface area contributed by atoms with Gasteiger partial charge in [0, 0.05) is 11.8 Å². The lowest BCUT2D eigenvalue weighted by atomic mass is 10.4. The number of thioether (sulfide) groups is 1. The van der Waals surface area contributed by atoms with Crippen molar-refractivity contribution in [3.05, 3.63) is 0 Å². The largest absolute Gasteiger partial charge is 0.303 e. The van der Waals surface area contributed by atoms with Crippen LogP contribution in [-0.2, 0) is 0 Å². The van der Waals surface area contributed by atoms with Crippen molar-refractivity contribution in [1.82, 2.24) is 5.32 Å². The zero-order valence-electron chi connectivity index (χ0n) is 7.61. The highest BCUT2D eigenvalue weighted by molar-refractivity contribution is 7.99. The molecule has 0 saturated heterocycles. The van der Waals surface area contributed by atoms with Crippen molar-refractivity contribution in [2.75, 3.05) is 18.1 Å². The van der Waals surface area contributed by atoms with Gasteiger partial charge >= 0.3 is 0 Å². The Morgan fingerprint density at radius 3 is 2.82 bits per heavy atom. The van der Waals surface area contributed by atoms with Crippen molar-refractivity contribution in [3.63, 3.8) is 0 Å². The van der Waals surface area contributed by atoms with E-state index in [1.54, 1.807) is 0 Å². The first-order valence-electron chi connectivity index (χ1n) is 4.02. The normalized spacial score (nSPS) is 11.9. The summed E-state index contributed by atoms with van der Waals surface area (Å²) >= 11 is 1.96. The van der Waals surface area contributed by atoms with Crippen molar-refractivity contribution in [3.8, 4) is 11.8 Å². The van der Waals surface area contributed by atoms with Gasteiger partial charge in [-0.2, -0.15) is 11.8 Å². The van der Waals surface area contributed by atoms with Crippen LogP contribution in [0.1, 0.15) is 20.8 Å². The molecule has 0 heterocycles. The summed E-state index contributed by atoms with van der Waals surface area (Å²) in [7, 11) is 0. The Morgan fingerprint density at radius 2 is 2.27 bits per heavy atom. The average Bonchev–Trinajstić information content (AvgIpc) is 2.01. The fourth-order valence-corrected chi connectivity index (χ4v) is 1.37. The van der Waals surface area contributed by atoms with Crippen LogP contribution in [0.25, 0.3) is 0 Å². The van der Waals surface area contributed by atoms with Gasteiger partial charge in [0.05, 0.1) is 6.54 Å². The molecule has 0 aliphatic carbocycles. The molecule has 0 aliphatic heterocycles. The van der Waals surface area contributed by atoms with Gasteiger partial charge in [0.15, 0.2) is 0 Å². The van der Waals surface area contributed by atoms with Crippen LogP contribution in [0.15, 0.2) is 0 Å². The molecule has 64 valence electrons. The molecule has 1 N–H and O–H groups in total. The van der Waals surface area contributed by atoms with E-state index in [2.05, 4.69) is 31.0 Å². The van der Waals surface area contributed by atoms with E-state index in [9.17, 15) is 0 Å². The zero-order chi connectivity index (χ0) is 8.53. The maximum absolute atomic E-state index is 3.32. The Morgan fingerprint density at radius 1 is 1.55 bits per heavy atom. The third-order valence-corrected chi connectivity index (χ3v) is 2.43. The van der Waals surface area contributed by atoms with Gasteiger partial charge in [-0.25, -0.2) is 0 Å². The van der Waals surface area contributed by atoms with E-state index >= 15 is 0 Å². The topological polar surface area (TPSA) is 12.0 Å². The van der Waals surface area contributed by atoms with E-state index in [0.29, 0.717) is 6.04 Å². The summed E-state index contributed by atoms with van der Waals surface area (Å²) in [6.45, 7) is 7.07. The minimum Gasteiger partial charge on any atom is -0.303 e. The first-order valence-corrected chi connectivity index (χ1v) is 5.17. The number of hydrogen-bond donors (Lipinski definition) is 1. The molecule has 0 fully saturated rings. The van der Waals surface area contributed by atoms with Gasteiger partial charge in [0.2, 0.25) is 0 Å². The lowest BCUT2D eigenvalue weighted by Crippen LogP contribution is -2.28. The van der Waals surface area contributed by atoms with Gasteiger partial charge in [-0.05, 0) is 19.6 Å². The summed E-state index contributed by atoms with van der Waals surface area (Å²) in [4.78, 5) is 0. The minimum atomic E-state index is 0.584. The summed E-state index contributed by atoms with van der Waals surface area (Å²) < 4.78 is 0. The highest BCUT2D eigenvalue weighted by Crippen LogP contribution is 2.00. The first kappa shape index (κ1) is 10.9. The third kappa shape index (κ3) is 7.77. The van der Waals surface area contributed by atoms with Gasteiger partial charge in [-0.1, -0.05) is 12.8 Å². The molecule has 2 heteroatoms. The highest BCUT2D eigenvalue weighted by Gasteiger charge is 1.97. The quantitative estimate of drug-likeness (QED) is 0.632. The first-order chi connectivity index (χ1) is 5.31. The second kappa shape index (κ2) is 7.97. The van der Waals surface area contributed by atoms with Gasteiger partial charge < -0.3 is 5.32 Å². The third-order valence-electron chi connectivity index (χ3n) is 1.29. The van der Waals surface area contributed by atoms with Crippen LogP contribution in [0.2, 0.25) is 0 Å². The number of rotatable bonds is 5. The smallest absolute Gasteiger partial charge is 0.0578 e. The molecule has 1 unspecified atom stereocenters. The Kier molecular flexibility index (Phi) is 7.88. The van der Waals surface area contributed by atoms with Gasteiger partial charge in [-0.15, -0.1) is 5.92 Å². The molecule has 1 nitrogen and oxygen atoms in total. The standard InChI is InChI=1S/C9H17NS/c1-4-6-7-10-9(3)8-11-5-2/h9-10H,5,7-8H2,1-3H3. The molecule has 0 saturated carbocycles. The van der Waals surface area contributed by atoms with Gasteiger partial charge in [-0.3, -0.25) is 0 Å². The van der Waals surface area contributed by atoms with E-state index < -0.39 is 0 Å². The van der Waals surface area contributed by atoms with E-state index in [1.165, 1.54) is 11.5 Å². The molecule has 11 heavy (non-hydrogen) atoms. The fraction of sp³-hybridized carbons (Fsp3) is 0.778. The van der Waals surface area contributed by atoms with Crippen LogP contribution in [0, 0.1) is 11.8 Å². The van der Waals surface area contributed by atoms with E-state index in [4.69, 9.17) is 0 Å². The SMILES string of the molecule is CC#CCNC(C)CSCC. The molecule has 0 aliphatic rings. The zero-order valence-corrected chi connectivity index (χ0v) is 8.42. The van der Waals surface area contributed by atoms with Gasteiger partial charge in [0.1, 0.15) is 0 Å². The van der Waals surface area contributed by atoms with E-state index in [1.807, 2.05) is 18.7 Å². The predicted octanol–water partition coefficient (Wildman–Crippen LogP) is 1.74. The maximum Gasteiger partial charge on any atom is 0.0578 e. The fourth-order valence-electron chi connectivity index (χ4n) is 0.667. The lowest BCUT2D eigenvalue weighted by molar-refractivity contribution is 0.647. The highest BCUT2D eigenvalue weighted by atomic mass is 32.2. The molecule has 0 aromatic rings. The van der Waals surface area contributed by atoms with Crippen molar-refractivity contribution in [2.45, 2.75) is 26.8 Å². The minimum absolute atomic E-state index is 0.584. The van der Waals surface area contributed by atoms with E-state index in [0.717, 1.165) is 6.54 Å². The van der Waals surface area contributed by atoms with Crippen molar-refractivity contribution in [1.29, 1.82) is 0 Å². The molecule has 0 spiro atoms. The Bertz CT molecular complexity index is 134. The average molecular weight is 171 g/mol. The van der Waals surface area contributed by atoms with Crippen LogP contribution in [-0.4, -0.2) is 24.1 Å². The van der Waals surface area contributed by atoms with Gasteiger partial charge in [0.25, 0.3) is 0 Å². The monoisotopic (exact) mass is 171 g/mol. The summed E-state index contributed by atoms with van der Waals surface area (Å²) in [5.74, 6) is 8.23. The van der Waals surface area contributed by atoms with Crippen LogP contribution >= 0.6 is 11.8 Å². The Balaban J connectivity index is 3.19. The van der Waals surface area contributed by atoms with Crippen molar-refractivity contribution < 1.29 is 0 Å². The van der Waals surface area contributed by atoms with Crippen LogP contribution in [0.3, 0.4) is 0 Å². The Labute approximate surface area is 74.3 Å². The molecule has 1 atom stereocenters. The summed E-state index contributed by atoms with van der Waals surface area (Å²) in [6.07, 6.45) is 0. The lowest BCUT2D eigenvalue weighted by Gasteiger charge is -2.09. The second-order valence-corrected chi connectivity index (χ2v) is 3.69. The van der Waals surface area contributed by atoms with Crippen molar-refractivity contribution >= 4 is 11.8 Å².